The molecule has 1 aromatic heterocycles. The molecule has 0 atom stereocenters. The zero-order chi connectivity index (χ0) is 9.19. The minimum atomic E-state index is -3.51. The summed E-state index contributed by atoms with van der Waals surface area (Å²) in [5.74, 6) is -0.242. The van der Waals surface area contributed by atoms with Crippen molar-refractivity contribution in [2.24, 2.45) is 0 Å². The minimum absolute atomic E-state index is 0.242. The van der Waals surface area contributed by atoms with Gasteiger partial charge in [-0.25, -0.2) is 8.42 Å². The fourth-order valence-corrected chi connectivity index (χ4v) is 1.93. The molecule has 0 spiro atoms. The Kier molecular flexibility index (Phi) is 3.09. The first kappa shape index (κ1) is 9.95. The molecular formula is C6H5BrClNO2S. The first-order valence-electron chi connectivity index (χ1n) is 3.00. The SMILES string of the molecule is O=S(=O)(Cl)Cc1cc(Br)ccn1. The number of aromatic nitrogens is 1. The van der Waals surface area contributed by atoms with E-state index in [1.165, 1.54) is 6.20 Å². The van der Waals surface area contributed by atoms with E-state index < -0.39 is 9.05 Å². The molecule has 0 fully saturated rings. The van der Waals surface area contributed by atoms with Crippen LogP contribution in [0.25, 0.3) is 0 Å². The van der Waals surface area contributed by atoms with E-state index in [1.807, 2.05) is 0 Å². The van der Waals surface area contributed by atoms with Crippen LogP contribution in [0.3, 0.4) is 0 Å². The van der Waals surface area contributed by atoms with Crippen molar-refractivity contribution in [1.29, 1.82) is 0 Å². The van der Waals surface area contributed by atoms with Crippen LogP contribution in [-0.4, -0.2) is 13.4 Å². The van der Waals surface area contributed by atoms with E-state index in [4.69, 9.17) is 10.7 Å². The smallest absolute Gasteiger partial charge is 0.238 e. The minimum Gasteiger partial charge on any atom is -0.260 e. The molecule has 0 aromatic carbocycles. The molecule has 0 amide bonds. The van der Waals surface area contributed by atoms with Crippen molar-refractivity contribution in [3.8, 4) is 0 Å². The topological polar surface area (TPSA) is 47.0 Å². The maximum atomic E-state index is 10.6. The molecule has 12 heavy (non-hydrogen) atoms. The molecule has 0 saturated carbocycles. The van der Waals surface area contributed by atoms with Gasteiger partial charge in [-0.2, -0.15) is 0 Å². The van der Waals surface area contributed by atoms with E-state index in [2.05, 4.69) is 20.9 Å². The van der Waals surface area contributed by atoms with Gasteiger partial charge >= 0.3 is 0 Å². The molecule has 0 saturated heterocycles. The van der Waals surface area contributed by atoms with Gasteiger partial charge in [0.25, 0.3) is 0 Å². The molecule has 6 heteroatoms. The lowest BCUT2D eigenvalue weighted by molar-refractivity contribution is 0.608. The van der Waals surface area contributed by atoms with Gasteiger partial charge in [-0.15, -0.1) is 0 Å². The Labute approximate surface area is 83.3 Å². The Morgan fingerprint density at radius 3 is 2.75 bits per heavy atom. The molecule has 3 nitrogen and oxygen atoms in total. The van der Waals surface area contributed by atoms with Crippen molar-refractivity contribution in [1.82, 2.24) is 4.98 Å². The molecule has 1 rings (SSSR count). The van der Waals surface area contributed by atoms with Crippen LogP contribution in [0.5, 0.6) is 0 Å². The average molecular weight is 271 g/mol. The summed E-state index contributed by atoms with van der Waals surface area (Å²) in [5, 5.41) is 0. The Bertz CT molecular complexity index is 379. The van der Waals surface area contributed by atoms with Crippen LogP contribution >= 0.6 is 26.6 Å². The maximum absolute atomic E-state index is 10.6. The average Bonchev–Trinajstić information content (AvgIpc) is 1.82. The summed E-state index contributed by atoms with van der Waals surface area (Å²) in [6.45, 7) is 0. The quantitative estimate of drug-likeness (QED) is 0.771. The summed E-state index contributed by atoms with van der Waals surface area (Å²) in [6, 6.07) is 3.32. The van der Waals surface area contributed by atoms with Crippen molar-refractivity contribution in [3.05, 3.63) is 28.5 Å². The highest BCUT2D eigenvalue weighted by molar-refractivity contribution is 9.10. The summed E-state index contributed by atoms with van der Waals surface area (Å²) in [6.07, 6.45) is 1.52. The lowest BCUT2D eigenvalue weighted by Crippen LogP contribution is -1.97. The van der Waals surface area contributed by atoms with E-state index in [0.717, 1.165) is 4.47 Å². The second kappa shape index (κ2) is 3.72. The molecule has 0 unspecified atom stereocenters. The molecule has 0 N–H and O–H groups in total. The van der Waals surface area contributed by atoms with Gasteiger partial charge in [0.2, 0.25) is 9.05 Å². The number of halogens is 2. The van der Waals surface area contributed by atoms with Crippen LogP contribution in [0.1, 0.15) is 5.69 Å². The van der Waals surface area contributed by atoms with E-state index in [0.29, 0.717) is 5.69 Å². The Morgan fingerprint density at radius 1 is 1.58 bits per heavy atom. The molecule has 66 valence electrons. The van der Waals surface area contributed by atoms with Crippen LogP contribution in [-0.2, 0) is 14.8 Å². The monoisotopic (exact) mass is 269 g/mol. The molecule has 0 aliphatic rings. The normalized spacial score (nSPS) is 11.5. The van der Waals surface area contributed by atoms with Gasteiger partial charge in [0.05, 0.1) is 5.69 Å². The number of pyridine rings is 1. The lowest BCUT2D eigenvalue weighted by atomic mass is 10.4. The Balaban J connectivity index is 2.91. The van der Waals surface area contributed by atoms with Crippen LogP contribution in [0.4, 0.5) is 0 Å². The zero-order valence-corrected chi connectivity index (χ0v) is 9.03. The highest BCUT2D eigenvalue weighted by Crippen LogP contribution is 2.12. The van der Waals surface area contributed by atoms with Crippen LogP contribution < -0.4 is 0 Å². The summed E-state index contributed by atoms with van der Waals surface area (Å²) in [4.78, 5) is 3.83. The Morgan fingerprint density at radius 2 is 2.25 bits per heavy atom. The van der Waals surface area contributed by atoms with Crippen molar-refractivity contribution in [2.75, 3.05) is 0 Å². The van der Waals surface area contributed by atoms with Gasteiger partial charge in [-0.3, -0.25) is 4.98 Å². The summed E-state index contributed by atoms with van der Waals surface area (Å²) in [5.41, 5.74) is 0.430. The molecule has 0 bridgehead atoms. The molecule has 0 radical (unpaired) electrons. The standard InChI is InChI=1S/C6H5BrClNO2S/c7-5-1-2-9-6(3-5)4-12(8,10)11/h1-3H,4H2. The molecule has 0 aliphatic heterocycles. The summed E-state index contributed by atoms with van der Waals surface area (Å²) in [7, 11) is 1.53. The van der Waals surface area contributed by atoms with Gasteiger partial charge in [0.1, 0.15) is 5.75 Å². The maximum Gasteiger partial charge on any atom is 0.238 e. The van der Waals surface area contributed by atoms with Crippen LogP contribution in [0, 0.1) is 0 Å². The third-order valence-electron chi connectivity index (χ3n) is 1.10. The van der Waals surface area contributed by atoms with E-state index in [1.54, 1.807) is 12.1 Å². The second-order valence-electron chi connectivity index (χ2n) is 2.15. The predicted molar refractivity (Wildman–Crippen MR) is 50.4 cm³/mol. The molecule has 1 heterocycles. The van der Waals surface area contributed by atoms with Gasteiger partial charge in [0.15, 0.2) is 0 Å². The van der Waals surface area contributed by atoms with Gasteiger partial charge in [0, 0.05) is 21.4 Å². The number of nitrogens with zero attached hydrogens (tertiary/aromatic N) is 1. The first-order valence-corrected chi connectivity index (χ1v) is 6.27. The third-order valence-corrected chi connectivity index (χ3v) is 2.56. The highest BCUT2D eigenvalue weighted by Gasteiger charge is 2.07. The molecule has 1 aromatic rings. The van der Waals surface area contributed by atoms with Crippen molar-refractivity contribution >= 4 is 35.7 Å². The third kappa shape index (κ3) is 3.51. The molecule has 0 aliphatic carbocycles. The van der Waals surface area contributed by atoms with Crippen molar-refractivity contribution in [2.45, 2.75) is 5.75 Å². The zero-order valence-electron chi connectivity index (χ0n) is 5.87. The van der Waals surface area contributed by atoms with E-state index >= 15 is 0 Å². The number of rotatable bonds is 2. The summed E-state index contributed by atoms with van der Waals surface area (Å²) >= 11 is 3.19. The van der Waals surface area contributed by atoms with Crippen molar-refractivity contribution < 1.29 is 8.42 Å². The largest absolute Gasteiger partial charge is 0.260 e. The van der Waals surface area contributed by atoms with Crippen LogP contribution in [0.2, 0.25) is 0 Å². The first-order chi connectivity index (χ1) is 5.47. The highest BCUT2D eigenvalue weighted by atomic mass is 79.9. The fraction of sp³-hybridized carbons (Fsp3) is 0.167. The van der Waals surface area contributed by atoms with E-state index in [9.17, 15) is 8.42 Å². The summed E-state index contributed by atoms with van der Waals surface area (Å²) < 4.78 is 22.0. The van der Waals surface area contributed by atoms with Crippen LogP contribution in [0.15, 0.2) is 22.8 Å². The predicted octanol–water partition coefficient (Wildman–Crippen LogP) is 1.91. The fourth-order valence-electron chi connectivity index (χ4n) is 0.704. The van der Waals surface area contributed by atoms with Gasteiger partial charge in [-0.1, -0.05) is 15.9 Å². The van der Waals surface area contributed by atoms with Crippen molar-refractivity contribution in [3.63, 3.8) is 0 Å². The van der Waals surface area contributed by atoms with Gasteiger partial charge < -0.3 is 0 Å². The lowest BCUT2D eigenvalue weighted by Gasteiger charge is -1.96. The van der Waals surface area contributed by atoms with E-state index in [-0.39, 0.29) is 5.75 Å². The Hall–Kier alpha value is -0.130. The van der Waals surface area contributed by atoms with Gasteiger partial charge in [-0.05, 0) is 12.1 Å². The number of hydrogen-bond acceptors (Lipinski definition) is 3. The molecular weight excluding hydrogens is 265 g/mol. The second-order valence-corrected chi connectivity index (χ2v) is 5.84. The number of hydrogen-bond donors (Lipinski definition) is 0.